The van der Waals surface area contributed by atoms with Crippen molar-refractivity contribution in [2.45, 2.75) is 23.4 Å². The Morgan fingerprint density at radius 1 is 1.26 bits per heavy atom. The van der Waals surface area contributed by atoms with Crippen LogP contribution in [-0.2, 0) is 6.42 Å². The second-order valence-corrected chi connectivity index (χ2v) is 6.33. The van der Waals surface area contributed by atoms with E-state index < -0.39 is 24.3 Å². The Hall–Kier alpha value is -2.91. The van der Waals surface area contributed by atoms with Crippen LogP contribution in [0.3, 0.4) is 0 Å². The molecule has 0 spiro atoms. The smallest absolute Gasteiger partial charge is 0.287 e. The number of fused-ring (bicyclic) bond motifs is 1. The second-order valence-electron chi connectivity index (χ2n) is 5.48. The molecule has 0 bridgehead atoms. The maximum absolute atomic E-state index is 14.2. The molecule has 1 aliphatic carbocycles. The molecule has 9 heteroatoms. The van der Waals surface area contributed by atoms with Crippen molar-refractivity contribution in [1.29, 1.82) is 10.5 Å². The van der Waals surface area contributed by atoms with Gasteiger partial charge in [0.2, 0.25) is 0 Å². The van der Waals surface area contributed by atoms with E-state index in [1.54, 1.807) is 18.4 Å². The zero-order valence-electron chi connectivity index (χ0n) is 14.0. The Morgan fingerprint density at radius 3 is 2.52 bits per heavy atom. The molecule has 0 aliphatic heterocycles. The zero-order chi connectivity index (χ0) is 20.2. The molecule has 0 saturated heterocycles. The van der Waals surface area contributed by atoms with Gasteiger partial charge in [-0.1, -0.05) is 0 Å². The highest BCUT2D eigenvalue weighted by Gasteiger charge is 2.51. The van der Waals surface area contributed by atoms with Crippen molar-refractivity contribution >= 4 is 11.8 Å². The first-order valence-electron chi connectivity index (χ1n) is 7.47. The van der Waals surface area contributed by atoms with Crippen LogP contribution in [0, 0.1) is 28.6 Å². The second kappa shape index (κ2) is 8.19. The number of hydrogen-bond donors (Lipinski definition) is 1. The van der Waals surface area contributed by atoms with Crippen LogP contribution in [0.15, 0.2) is 35.2 Å². The van der Waals surface area contributed by atoms with Crippen LogP contribution in [0.1, 0.15) is 22.9 Å². The average molecular weight is 395 g/mol. The Morgan fingerprint density at radius 2 is 1.93 bits per heavy atom. The molecule has 27 heavy (non-hydrogen) atoms. The lowest BCUT2D eigenvalue weighted by molar-refractivity contribution is -0.0607. The summed E-state index contributed by atoms with van der Waals surface area (Å²) < 4.78 is 60.8. The number of thioether (sulfide) groups is 1. The van der Waals surface area contributed by atoms with Crippen LogP contribution in [0.5, 0.6) is 11.5 Å². The van der Waals surface area contributed by atoms with E-state index in [2.05, 4.69) is 5.73 Å². The van der Waals surface area contributed by atoms with E-state index >= 15 is 0 Å². The van der Waals surface area contributed by atoms with Gasteiger partial charge < -0.3 is 10.5 Å². The number of nitrogens with zero attached hydrogens (tertiary/aromatic N) is 2. The molecule has 0 amide bonds. The molecule has 0 fully saturated rings. The van der Waals surface area contributed by atoms with Crippen LogP contribution >= 0.6 is 11.8 Å². The van der Waals surface area contributed by atoms with Crippen LogP contribution < -0.4 is 10.5 Å². The third-order valence-corrected chi connectivity index (χ3v) is 4.58. The lowest BCUT2D eigenvalue weighted by Gasteiger charge is -2.15. The van der Waals surface area contributed by atoms with Gasteiger partial charge in [-0.2, -0.15) is 10.5 Å². The number of halogens is 4. The van der Waals surface area contributed by atoms with Gasteiger partial charge in [-0.3, -0.25) is 0 Å². The Labute approximate surface area is 157 Å². The minimum Gasteiger partial charge on any atom is -0.457 e. The number of alkyl halides is 3. The highest BCUT2D eigenvalue weighted by atomic mass is 32.2. The maximum atomic E-state index is 14.2. The van der Waals surface area contributed by atoms with Gasteiger partial charge in [0.1, 0.15) is 17.3 Å². The molecule has 3 rings (SSSR count). The number of benzene rings is 2. The highest BCUT2D eigenvalue weighted by molar-refractivity contribution is 7.98. The van der Waals surface area contributed by atoms with Gasteiger partial charge in [-0.25, -0.2) is 17.6 Å². The number of hydrogen-bond acceptors (Lipinski definition) is 5. The predicted molar refractivity (Wildman–Crippen MR) is 91.7 cm³/mol. The fraction of sp³-hybridized carbons (Fsp3) is 0.222. The highest BCUT2D eigenvalue weighted by Crippen LogP contribution is 2.52. The quantitative estimate of drug-likeness (QED) is 0.348. The molecule has 0 heterocycles. The van der Waals surface area contributed by atoms with E-state index in [9.17, 15) is 17.6 Å². The van der Waals surface area contributed by atoms with Gasteiger partial charge in [0.25, 0.3) is 5.92 Å². The Bertz CT molecular complexity index is 937. The fourth-order valence-corrected chi connectivity index (χ4v) is 3.35. The number of nitrogens with two attached hydrogens (primary N) is 1. The summed E-state index contributed by atoms with van der Waals surface area (Å²) in [7, 11) is 0. The lowest BCUT2D eigenvalue weighted by atomic mass is 10.1. The fourth-order valence-electron chi connectivity index (χ4n) is 2.71. The third-order valence-electron chi connectivity index (χ3n) is 3.76. The van der Waals surface area contributed by atoms with Crippen LogP contribution in [0.25, 0.3) is 0 Å². The van der Waals surface area contributed by atoms with Crippen LogP contribution in [0.2, 0.25) is 0 Å². The van der Waals surface area contributed by atoms with Crippen molar-refractivity contribution in [2.24, 2.45) is 5.73 Å². The van der Waals surface area contributed by atoms with Gasteiger partial charge in [0.05, 0.1) is 11.6 Å². The molecule has 4 nitrogen and oxygen atoms in total. The Balaban J connectivity index is 0.000000817. The summed E-state index contributed by atoms with van der Waals surface area (Å²) in [5, 5.41) is 15.9. The summed E-state index contributed by atoms with van der Waals surface area (Å²) in [6, 6.07) is 8.01. The molecule has 140 valence electrons. The SMILES string of the molecule is CSc1ccc(Oc2cc(F)cc(C#N)c2)c2c1CC(F)(F)C2F.N#CN. The van der Waals surface area contributed by atoms with Crippen molar-refractivity contribution < 1.29 is 22.3 Å². The van der Waals surface area contributed by atoms with E-state index in [1.807, 2.05) is 0 Å². The first-order chi connectivity index (χ1) is 12.8. The zero-order valence-corrected chi connectivity index (χ0v) is 14.8. The van der Waals surface area contributed by atoms with Crippen molar-refractivity contribution in [3.8, 4) is 23.8 Å². The lowest BCUT2D eigenvalue weighted by Crippen LogP contribution is -2.18. The number of ether oxygens (including phenoxy) is 1. The number of nitriles is 2. The van der Waals surface area contributed by atoms with Crippen molar-refractivity contribution in [3.05, 3.63) is 52.8 Å². The normalized spacial score (nSPS) is 16.3. The summed E-state index contributed by atoms with van der Waals surface area (Å²) >= 11 is 1.24. The first kappa shape index (κ1) is 20.4. The predicted octanol–water partition coefficient (Wildman–Crippen LogP) is 4.84. The first-order valence-corrected chi connectivity index (χ1v) is 8.69. The van der Waals surface area contributed by atoms with Gasteiger partial charge in [-0.05, 0) is 36.1 Å². The van der Waals surface area contributed by atoms with Crippen molar-refractivity contribution in [2.75, 3.05) is 6.26 Å². The van der Waals surface area contributed by atoms with E-state index in [4.69, 9.17) is 15.3 Å². The van der Waals surface area contributed by atoms with Crippen LogP contribution in [-0.4, -0.2) is 12.2 Å². The van der Waals surface area contributed by atoms with E-state index in [-0.39, 0.29) is 28.2 Å². The largest absolute Gasteiger partial charge is 0.457 e. The molecule has 0 radical (unpaired) electrons. The molecule has 1 atom stereocenters. The molecule has 0 saturated carbocycles. The van der Waals surface area contributed by atoms with Gasteiger partial charge in [0.15, 0.2) is 12.4 Å². The summed E-state index contributed by atoms with van der Waals surface area (Å²) in [6.45, 7) is 0. The molecular weight excluding hydrogens is 382 g/mol. The third kappa shape index (κ3) is 4.26. The standard InChI is InChI=1S/C17H11F4NOS.CH2N2/c1-24-14-3-2-13(15-12(14)7-17(20,21)16(15)19)23-11-5-9(8-22)4-10(18)6-11;2-1-3/h2-6,16H,7H2,1H3;2H2. The summed E-state index contributed by atoms with van der Waals surface area (Å²) in [6.07, 6.45) is -0.228. The monoisotopic (exact) mass is 395 g/mol. The van der Waals surface area contributed by atoms with Crippen LogP contribution in [0.4, 0.5) is 17.6 Å². The minimum atomic E-state index is -3.51. The van der Waals surface area contributed by atoms with Crippen molar-refractivity contribution in [3.63, 3.8) is 0 Å². The van der Waals surface area contributed by atoms with Gasteiger partial charge >= 0.3 is 0 Å². The molecular formula is C18H13F4N3OS. The summed E-state index contributed by atoms with van der Waals surface area (Å²) in [5.41, 5.74) is 4.16. The topological polar surface area (TPSA) is 82.8 Å². The summed E-state index contributed by atoms with van der Waals surface area (Å²) in [5.74, 6) is -4.36. The molecule has 1 aliphatic rings. The van der Waals surface area contributed by atoms with Gasteiger partial charge in [-0.15, -0.1) is 11.8 Å². The minimum absolute atomic E-state index is 0.0181. The maximum Gasteiger partial charge on any atom is 0.287 e. The van der Waals surface area contributed by atoms with E-state index in [0.717, 1.165) is 12.1 Å². The molecule has 0 aromatic heterocycles. The summed E-state index contributed by atoms with van der Waals surface area (Å²) in [4.78, 5) is 0.550. The molecule has 1 unspecified atom stereocenters. The van der Waals surface area contributed by atoms with Gasteiger partial charge in [0, 0.05) is 22.9 Å². The molecule has 2 N–H and O–H groups in total. The molecule has 2 aromatic carbocycles. The number of rotatable bonds is 3. The Kier molecular flexibility index (Phi) is 6.19. The average Bonchev–Trinajstić information content (AvgIpc) is 2.85. The van der Waals surface area contributed by atoms with Crippen molar-refractivity contribution in [1.82, 2.24) is 0 Å². The van der Waals surface area contributed by atoms with E-state index in [0.29, 0.717) is 4.90 Å². The molecule has 2 aromatic rings. The van der Waals surface area contributed by atoms with E-state index in [1.165, 1.54) is 30.1 Å².